The summed E-state index contributed by atoms with van der Waals surface area (Å²) in [7, 11) is 0. The summed E-state index contributed by atoms with van der Waals surface area (Å²) in [6, 6.07) is 0.886. The van der Waals surface area contributed by atoms with E-state index in [1.807, 2.05) is 0 Å². The van der Waals surface area contributed by atoms with Gasteiger partial charge in [0.1, 0.15) is 11.4 Å². The monoisotopic (exact) mass is 314 g/mol. The van der Waals surface area contributed by atoms with Crippen molar-refractivity contribution in [2.75, 3.05) is 0 Å². The molecule has 0 fully saturated rings. The van der Waals surface area contributed by atoms with Crippen LogP contribution in [0.3, 0.4) is 0 Å². The summed E-state index contributed by atoms with van der Waals surface area (Å²) in [4.78, 5) is 10.5. The summed E-state index contributed by atoms with van der Waals surface area (Å²) in [5, 5.41) is 8.55. The second-order valence-corrected chi connectivity index (χ2v) is 3.80. The molecule has 1 aromatic rings. The molecule has 2 nitrogen and oxygen atoms in total. The second-order valence-electron chi connectivity index (χ2n) is 2.15. The lowest BCUT2D eigenvalue weighted by atomic mass is 10.2. The fourth-order valence-electron chi connectivity index (χ4n) is 0.762. The summed E-state index contributed by atoms with van der Waals surface area (Å²) in [6.07, 6.45) is 0. The number of hydrogen-bond donors (Lipinski definition) is 1. The zero-order valence-corrected chi connectivity index (χ0v) is 9.12. The van der Waals surface area contributed by atoms with E-state index in [0.29, 0.717) is 0 Å². The number of hydrogen-bond acceptors (Lipinski definition) is 1. The number of carboxylic acid groups (broad SMARTS) is 1. The third-order valence-electron chi connectivity index (χ3n) is 1.33. The van der Waals surface area contributed by atoms with E-state index in [-0.39, 0.29) is 4.47 Å². The molecule has 70 valence electrons. The molecular formula is C7H2Br2F2O2. The zero-order chi connectivity index (χ0) is 10.2. The van der Waals surface area contributed by atoms with Crippen LogP contribution >= 0.6 is 31.9 Å². The molecule has 13 heavy (non-hydrogen) atoms. The van der Waals surface area contributed by atoms with Crippen molar-refractivity contribution in [2.45, 2.75) is 0 Å². The number of halogens is 4. The van der Waals surface area contributed by atoms with E-state index in [9.17, 15) is 13.6 Å². The van der Waals surface area contributed by atoms with E-state index in [4.69, 9.17) is 5.11 Å². The number of carboxylic acids is 1. The molecule has 0 atom stereocenters. The Hall–Kier alpha value is -0.490. The summed E-state index contributed by atoms with van der Waals surface area (Å²) in [5.41, 5.74) is -0.590. The van der Waals surface area contributed by atoms with Crippen molar-refractivity contribution in [3.05, 3.63) is 32.2 Å². The highest BCUT2D eigenvalue weighted by atomic mass is 79.9. The van der Waals surface area contributed by atoms with Gasteiger partial charge in [0.2, 0.25) is 0 Å². The predicted molar refractivity (Wildman–Crippen MR) is 48.7 cm³/mol. The topological polar surface area (TPSA) is 37.3 Å². The molecule has 0 spiro atoms. The Labute approximate surface area is 88.8 Å². The van der Waals surface area contributed by atoms with Crippen LogP contribution in [0.1, 0.15) is 10.4 Å². The lowest BCUT2D eigenvalue weighted by molar-refractivity contribution is 0.0690. The van der Waals surface area contributed by atoms with Crippen LogP contribution in [0.4, 0.5) is 8.78 Å². The van der Waals surface area contributed by atoms with E-state index in [2.05, 4.69) is 31.9 Å². The summed E-state index contributed by atoms with van der Waals surface area (Å²) in [5.74, 6) is -3.43. The maximum Gasteiger partial charge on any atom is 0.339 e. The first-order valence-electron chi connectivity index (χ1n) is 3.01. The Kier molecular flexibility index (Phi) is 3.02. The van der Waals surface area contributed by atoms with Crippen molar-refractivity contribution in [2.24, 2.45) is 0 Å². The molecule has 0 saturated heterocycles. The Balaban J connectivity index is 3.53. The van der Waals surface area contributed by atoms with Gasteiger partial charge in [-0.25, -0.2) is 13.6 Å². The van der Waals surface area contributed by atoms with Crippen molar-refractivity contribution in [1.82, 2.24) is 0 Å². The van der Waals surface area contributed by atoms with Crippen LogP contribution in [0.15, 0.2) is 15.0 Å². The largest absolute Gasteiger partial charge is 0.478 e. The van der Waals surface area contributed by atoms with Crippen LogP contribution < -0.4 is 0 Å². The molecule has 0 amide bonds. The van der Waals surface area contributed by atoms with E-state index >= 15 is 0 Å². The van der Waals surface area contributed by atoms with Crippen LogP contribution in [0.25, 0.3) is 0 Å². The molecule has 0 bridgehead atoms. The molecule has 0 saturated carbocycles. The van der Waals surface area contributed by atoms with Gasteiger partial charge in [-0.05, 0) is 37.9 Å². The van der Waals surface area contributed by atoms with Gasteiger partial charge in [-0.15, -0.1) is 0 Å². The van der Waals surface area contributed by atoms with Crippen molar-refractivity contribution in [1.29, 1.82) is 0 Å². The van der Waals surface area contributed by atoms with Crippen LogP contribution in [-0.4, -0.2) is 11.1 Å². The average Bonchev–Trinajstić information content (AvgIpc) is 1.99. The molecular weight excluding hydrogens is 314 g/mol. The molecule has 1 aromatic carbocycles. The summed E-state index contributed by atoms with van der Waals surface area (Å²) < 4.78 is 25.2. The van der Waals surface area contributed by atoms with Crippen LogP contribution in [-0.2, 0) is 0 Å². The van der Waals surface area contributed by atoms with E-state index < -0.39 is 27.6 Å². The van der Waals surface area contributed by atoms with Crippen LogP contribution in [0.5, 0.6) is 0 Å². The summed E-state index contributed by atoms with van der Waals surface area (Å²) >= 11 is 5.35. The Bertz CT molecular complexity index is 379. The van der Waals surface area contributed by atoms with Crippen molar-refractivity contribution < 1.29 is 18.7 Å². The third kappa shape index (κ3) is 1.88. The summed E-state index contributed by atoms with van der Waals surface area (Å²) in [6.45, 7) is 0. The van der Waals surface area contributed by atoms with E-state index in [0.717, 1.165) is 6.07 Å². The van der Waals surface area contributed by atoms with Gasteiger partial charge in [0.05, 0.1) is 4.47 Å². The van der Waals surface area contributed by atoms with Crippen molar-refractivity contribution >= 4 is 37.8 Å². The molecule has 0 aromatic heterocycles. The minimum Gasteiger partial charge on any atom is -0.478 e. The second kappa shape index (κ2) is 3.71. The molecule has 0 radical (unpaired) electrons. The Morgan fingerprint density at radius 1 is 1.38 bits per heavy atom. The standard InChI is InChI=1S/C7H2Br2F2O2/c8-2-1-3(10)5(9)6(11)4(2)7(12)13/h1H,(H,12,13). The molecule has 0 aliphatic heterocycles. The van der Waals surface area contributed by atoms with Gasteiger partial charge in [0.15, 0.2) is 5.82 Å². The first kappa shape index (κ1) is 10.6. The molecule has 1 N–H and O–H groups in total. The zero-order valence-electron chi connectivity index (χ0n) is 5.94. The SMILES string of the molecule is O=C(O)c1c(Br)cc(F)c(Br)c1F. The predicted octanol–water partition coefficient (Wildman–Crippen LogP) is 3.19. The maximum atomic E-state index is 13.1. The number of aromatic carboxylic acids is 1. The normalized spacial score (nSPS) is 10.2. The highest BCUT2D eigenvalue weighted by Gasteiger charge is 2.20. The molecule has 0 aliphatic carbocycles. The van der Waals surface area contributed by atoms with E-state index in [1.165, 1.54) is 0 Å². The minimum atomic E-state index is -1.45. The molecule has 0 aliphatic rings. The fraction of sp³-hybridized carbons (Fsp3) is 0. The van der Waals surface area contributed by atoms with Gasteiger partial charge in [-0.1, -0.05) is 0 Å². The smallest absolute Gasteiger partial charge is 0.339 e. The number of carbonyl (C=O) groups is 1. The van der Waals surface area contributed by atoms with E-state index in [1.54, 1.807) is 0 Å². The lowest BCUT2D eigenvalue weighted by Gasteiger charge is -2.03. The Morgan fingerprint density at radius 2 is 1.92 bits per heavy atom. The number of rotatable bonds is 1. The van der Waals surface area contributed by atoms with Gasteiger partial charge in [-0.3, -0.25) is 0 Å². The first-order valence-corrected chi connectivity index (χ1v) is 4.60. The minimum absolute atomic E-state index is 0.127. The van der Waals surface area contributed by atoms with Crippen molar-refractivity contribution in [3.8, 4) is 0 Å². The van der Waals surface area contributed by atoms with Crippen molar-refractivity contribution in [3.63, 3.8) is 0 Å². The van der Waals surface area contributed by atoms with Gasteiger partial charge >= 0.3 is 5.97 Å². The molecule has 0 unspecified atom stereocenters. The first-order chi connectivity index (χ1) is 5.95. The maximum absolute atomic E-state index is 13.1. The van der Waals surface area contributed by atoms with Crippen LogP contribution in [0, 0.1) is 11.6 Å². The van der Waals surface area contributed by atoms with Gasteiger partial charge in [0, 0.05) is 4.47 Å². The lowest BCUT2D eigenvalue weighted by Crippen LogP contribution is -2.03. The molecule has 6 heteroatoms. The highest BCUT2D eigenvalue weighted by molar-refractivity contribution is 9.11. The van der Waals surface area contributed by atoms with Gasteiger partial charge < -0.3 is 5.11 Å². The third-order valence-corrected chi connectivity index (χ3v) is 2.68. The molecule has 1 rings (SSSR count). The average molecular weight is 316 g/mol. The Morgan fingerprint density at radius 3 is 2.38 bits per heavy atom. The van der Waals surface area contributed by atoms with Gasteiger partial charge in [0.25, 0.3) is 0 Å². The fourth-order valence-corrected chi connectivity index (χ4v) is 1.62. The number of benzene rings is 1. The molecule has 0 heterocycles. The van der Waals surface area contributed by atoms with Gasteiger partial charge in [-0.2, -0.15) is 0 Å². The quantitative estimate of drug-likeness (QED) is 0.638. The highest BCUT2D eigenvalue weighted by Crippen LogP contribution is 2.28. The van der Waals surface area contributed by atoms with Crippen LogP contribution in [0.2, 0.25) is 0 Å².